The number of anilines is 3. The second-order valence-electron chi connectivity index (χ2n) is 8.67. The van der Waals surface area contributed by atoms with Crippen LogP contribution in [0.1, 0.15) is 50.7 Å². The lowest BCUT2D eigenvalue weighted by Gasteiger charge is -2.22. The van der Waals surface area contributed by atoms with Gasteiger partial charge < -0.3 is 16.8 Å². The topological polar surface area (TPSA) is 93.1 Å². The first-order chi connectivity index (χ1) is 12.8. The first kappa shape index (κ1) is 19.4. The van der Waals surface area contributed by atoms with E-state index in [9.17, 15) is 0 Å². The average Bonchev–Trinajstić information content (AvgIpc) is 3.02. The van der Waals surface area contributed by atoms with Crippen molar-refractivity contribution in [3.05, 3.63) is 41.5 Å². The minimum absolute atomic E-state index is 0.230. The second-order valence-corrected chi connectivity index (χ2v) is 8.67. The van der Waals surface area contributed by atoms with Gasteiger partial charge in [0.25, 0.3) is 0 Å². The predicted octanol–water partition coefficient (Wildman–Crippen LogP) is 3.48. The van der Waals surface area contributed by atoms with Crippen LogP contribution in [-0.4, -0.2) is 34.5 Å². The lowest BCUT2D eigenvalue weighted by atomic mass is 9.92. The maximum Gasteiger partial charge on any atom is 0.223 e. The van der Waals surface area contributed by atoms with E-state index in [1.54, 1.807) is 0 Å². The molecule has 2 heterocycles. The van der Waals surface area contributed by atoms with E-state index in [4.69, 9.17) is 11.5 Å². The number of rotatable bonds is 6. The van der Waals surface area contributed by atoms with Crippen molar-refractivity contribution in [2.24, 2.45) is 5.41 Å². The fraction of sp³-hybridized carbons (Fsp3) is 0.524. The molecule has 27 heavy (non-hydrogen) atoms. The lowest BCUT2D eigenvalue weighted by molar-refractivity contribution is 0.327. The molecular weight excluding hydrogens is 336 g/mol. The van der Waals surface area contributed by atoms with Crippen molar-refractivity contribution in [1.82, 2.24) is 14.9 Å². The first-order valence-electron chi connectivity index (χ1n) is 9.75. The summed E-state index contributed by atoms with van der Waals surface area (Å²) in [5.41, 5.74) is 14.7. The Morgan fingerprint density at radius 3 is 2.59 bits per heavy atom. The summed E-state index contributed by atoms with van der Waals surface area (Å²) in [5.74, 6) is 1.86. The monoisotopic (exact) mass is 368 g/mol. The van der Waals surface area contributed by atoms with Crippen molar-refractivity contribution >= 4 is 17.6 Å². The van der Waals surface area contributed by atoms with Gasteiger partial charge in [-0.15, -0.1) is 0 Å². The van der Waals surface area contributed by atoms with Gasteiger partial charge in [-0.3, -0.25) is 4.90 Å². The van der Waals surface area contributed by atoms with E-state index in [1.165, 1.54) is 5.56 Å². The second kappa shape index (κ2) is 8.13. The summed E-state index contributed by atoms with van der Waals surface area (Å²) >= 11 is 0. The number of hydrogen-bond acceptors (Lipinski definition) is 6. The van der Waals surface area contributed by atoms with E-state index in [2.05, 4.69) is 71.3 Å². The van der Waals surface area contributed by atoms with Gasteiger partial charge in [0.15, 0.2) is 0 Å². The van der Waals surface area contributed by atoms with Crippen LogP contribution in [0.4, 0.5) is 17.6 Å². The number of aromatic nitrogens is 2. The maximum absolute atomic E-state index is 6.27. The summed E-state index contributed by atoms with van der Waals surface area (Å²) in [6, 6.07) is 10.6. The molecule has 1 aliphatic heterocycles. The van der Waals surface area contributed by atoms with Crippen LogP contribution in [0.3, 0.4) is 0 Å². The zero-order valence-corrected chi connectivity index (χ0v) is 16.7. The standard InChI is InChI=1S/C21H32N6/c1-21(2,3)10-11-24-19-17(18(22)25-20(23)26-19)16-9-12-27(14-16)13-15-7-5-4-6-8-15/h4-8,16H,9-14H2,1-3H3,(H5,22,23,24,25,26)/t16-/m1/s1. The lowest BCUT2D eigenvalue weighted by Crippen LogP contribution is -2.21. The zero-order valence-electron chi connectivity index (χ0n) is 16.7. The first-order valence-corrected chi connectivity index (χ1v) is 9.75. The van der Waals surface area contributed by atoms with Gasteiger partial charge in [0.2, 0.25) is 5.95 Å². The summed E-state index contributed by atoms with van der Waals surface area (Å²) in [7, 11) is 0. The van der Waals surface area contributed by atoms with Gasteiger partial charge in [-0.25, -0.2) is 0 Å². The Morgan fingerprint density at radius 1 is 1.15 bits per heavy atom. The molecule has 0 unspecified atom stereocenters. The Bertz CT molecular complexity index is 753. The molecule has 1 aliphatic rings. The Morgan fingerprint density at radius 2 is 1.89 bits per heavy atom. The minimum Gasteiger partial charge on any atom is -0.383 e. The Hall–Kier alpha value is -2.34. The summed E-state index contributed by atoms with van der Waals surface area (Å²) in [4.78, 5) is 11.2. The number of nitrogens with zero attached hydrogens (tertiary/aromatic N) is 3. The molecule has 0 saturated carbocycles. The number of nitrogen functional groups attached to an aromatic ring is 2. The predicted molar refractivity (Wildman–Crippen MR) is 112 cm³/mol. The molecule has 1 aromatic heterocycles. The molecule has 2 aromatic rings. The molecule has 3 rings (SSSR count). The van der Waals surface area contributed by atoms with Gasteiger partial charge in [-0.05, 0) is 30.4 Å². The third-order valence-electron chi connectivity index (χ3n) is 5.09. The smallest absolute Gasteiger partial charge is 0.223 e. The molecule has 1 saturated heterocycles. The molecule has 6 nitrogen and oxygen atoms in total. The van der Waals surface area contributed by atoms with Crippen LogP contribution in [0.2, 0.25) is 0 Å². The number of benzene rings is 1. The molecular formula is C21H32N6. The molecule has 0 amide bonds. The highest BCUT2D eigenvalue weighted by Gasteiger charge is 2.29. The zero-order chi connectivity index (χ0) is 19.4. The van der Waals surface area contributed by atoms with E-state index in [0.717, 1.165) is 50.4 Å². The Kier molecular flexibility index (Phi) is 5.85. The summed E-state index contributed by atoms with van der Waals surface area (Å²) in [6.07, 6.45) is 2.10. The Labute approximate surface area is 162 Å². The fourth-order valence-electron chi connectivity index (χ4n) is 3.65. The molecule has 146 valence electrons. The largest absolute Gasteiger partial charge is 0.383 e. The van der Waals surface area contributed by atoms with Gasteiger partial charge in [0.05, 0.1) is 0 Å². The van der Waals surface area contributed by atoms with Crippen molar-refractivity contribution in [3.8, 4) is 0 Å². The molecule has 0 bridgehead atoms. The highest BCUT2D eigenvalue weighted by atomic mass is 15.2. The van der Waals surface area contributed by atoms with Gasteiger partial charge in [-0.2, -0.15) is 9.97 Å². The van der Waals surface area contributed by atoms with E-state index in [0.29, 0.717) is 11.7 Å². The van der Waals surface area contributed by atoms with Gasteiger partial charge in [0, 0.05) is 31.1 Å². The summed E-state index contributed by atoms with van der Waals surface area (Å²) < 4.78 is 0. The fourth-order valence-corrected chi connectivity index (χ4v) is 3.65. The molecule has 0 radical (unpaired) electrons. The van der Waals surface area contributed by atoms with Crippen LogP contribution in [-0.2, 0) is 6.54 Å². The SMILES string of the molecule is CC(C)(C)CCNc1nc(N)nc(N)c1[C@@H]1CCN(Cc2ccccc2)C1. The molecule has 1 atom stereocenters. The van der Waals surface area contributed by atoms with Crippen LogP contribution < -0.4 is 16.8 Å². The quantitative estimate of drug-likeness (QED) is 0.723. The van der Waals surface area contributed by atoms with Gasteiger partial charge >= 0.3 is 0 Å². The van der Waals surface area contributed by atoms with Crippen LogP contribution in [0.5, 0.6) is 0 Å². The van der Waals surface area contributed by atoms with Crippen LogP contribution in [0.15, 0.2) is 30.3 Å². The van der Waals surface area contributed by atoms with E-state index in [-0.39, 0.29) is 11.4 Å². The number of nitrogens with two attached hydrogens (primary N) is 2. The highest BCUT2D eigenvalue weighted by Crippen LogP contribution is 2.35. The maximum atomic E-state index is 6.27. The van der Waals surface area contributed by atoms with Crippen molar-refractivity contribution < 1.29 is 0 Å². The molecule has 1 fully saturated rings. The van der Waals surface area contributed by atoms with Gasteiger partial charge in [0.1, 0.15) is 11.6 Å². The number of likely N-dealkylation sites (tertiary alicyclic amines) is 1. The normalized spacial score (nSPS) is 18.0. The minimum atomic E-state index is 0.230. The highest BCUT2D eigenvalue weighted by molar-refractivity contribution is 5.60. The van der Waals surface area contributed by atoms with E-state index >= 15 is 0 Å². The average molecular weight is 369 g/mol. The van der Waals surface area contributed by atoms with Crippen LogP contribution in [0.25, 0.3) is 0 Å². The summed E-state index contributed by atoms with van der Waals surface area (Å²) in [5, 5.41) is 3.46. The van der Waals surface area contributed by atoms with Crippen molar-refractivity contribution in [2.45, 2.75) is 46.1 Å². The van der Waals surface area contributed by atoms with E-state index < -0.39 is 0 Å². The van der Waals surface area contributed by atoms with E-state index in [1.807, 2.05) is 0 Å². The van der Waals surface area contributed by atoms with Crippen LogP contribution in [0, 0.1) is 5.41 Å². The third kappa shape index (κ3) is 5.32. The third-order valence-corrected chi connectivity index (χ3v) is 5.09. The van der Waals surface area contributed by atoms with Crippen molar-refractivity contribution in [2.75, 3.05) is 36.4 Å². The molecule has 6 heteroatoms. The molecule has 5 N–H and O–H groups in total. The van der Waals surface area contributed by atoms with Gasteiger partial charge in [-0.1, -0.05) is 51.1 Å². The van der Waals surface area contributed by atoms with Crippen LogP contribution >= 0.6 is 0 Å². The molecule has 0 aliphatic carbocycles. The molecule has 0 spiro atoms. The van der Waals surface area contributed by atoms with Crippen molar-refractivity contribution in [3.63, 3.8) is 0 Å². The summed E-state index contributed by atoms with van der Waals surface area (Å²) in [6.45, 7) is 10.5. The molecule has 1 aromatic carbocycles. The Balaban J connectivity index is 1.71. The van der Waals surface area contributed by atoms with Crippen molar-refractivity contribution in [1.29, 1.82) is 0 Å². The number of hydrogen-bond donors (Lipinski definition) is 3. The number of nitrogens with one attached hydrogen (secondary N) is 1.